The number of carbonyl (C=O) groups excluding carboxylic acids is 1. The molecule has 1 amide bonds. The summed E-state index contributed by atoms with van der Waals surface area (Å²) in [7, 11) is 0. The van der Waals surface area contributed by atoms with Crippen molar-refractivity contribution >= 4 is 5.91 Å². The van der Waals surface area contributed by atoms with Crippen LogP contribution in [0.25, 0.3) is 0 Å². The lowest BCUT2D eigenvalue weighted by Gasteiger charge is -2.24. The fourth-order valence-corrected chi connectivity index (χ4v) is 2.24. The van der Waals surface area contributed by atoms with Gasteiger partial charge in [-0.2, -0.15) is 0 Å². The zero-order chi connectivity index (χ0) is 12.8. The van der Waals surface area contributed by atoms with Crippen molar-refractivity contribution in [1.29, 1.82) is 0 Å². The molecule has 3 heteroatoms. The van der Waals surface area contributed by atoms with Gasteiger partial charge in [0.2, 0.25) is 5.91 Å². The van der Waals surface area contributed by atoms with Gasteiger partial charge in [0.25, 0.3) is 0 Å². The summed E-state index contributed by atoms with van der Waals surface area (Å²) in [6.45, 7) is 11.7. The molecule has 17 heavy (non-hydrogen) atoms. The molecule has 0 aromatic carbocycles. The van der Waals surface area contributed by atoms with Crippen molar-refractivity contribution in [3.05, 3.63) is 0 Å². The van der Waals surface area contributed by atoms with Crippen LogP contribution in [-0.2, 0) is 4.79 Å². The van der Waals surface area contributed by atoms with Crippen molar-refractivity contribution < 1.29 is 4.79 Å². The van der Waals surface area contributed by atoms with E-state index in [9.17, 15) is 4.79 Å². The second kappa shape index (κ2) is 7.00. The van der Waals surface area contributed by atoms with Crippen LogP contribution in [-0.4, -0.2) is 36.5 Å². The maximum absolute atomic E-state index is 12.1. The van der Waals surface area contributed by atoms with Crippen molar-refractivity contribution in [2.75, 3.05) is 19.6 Å². The highest BCUT2D eigenvalue weighted by Crippen LogP contribution is 2.18. The van der Waals surface area contributed by atoms with Crippen LogP contribution in [0.1, 0.15) is 47.0 Å². The monoisotopic (exact) mass is 240 g/mol. The molecule has 0 saturated carbocycles. The number of nitrogens with one attached hydrogen (secondary N) is 1. The SMILES string of the molecule is CC(C)CCN1CCC[C@H]1C(=O)NCC(C)C. The Kier molecular flexibility index (Phi) is 5.96. The van der Waals surface area contributed by atoms with Gasteiger partial charge in [0.1, 0.15) is 0 Å². The molecule has 0 aromatic heterocycles. The highest BCUT2D eigenvalue weighted by Gasteiger charge is 2.29. The van der Waals surface area contributed by atoms with Gasteiger partial charge in [0, 0.05) is 6.54 Å². The first-order valence-corrected chi connectivity index (χ1v) is 7.02. The third kappa shape index (κ3) is 5.07. The van der Waals surface area contributed by atoms with E-state index in [2.05, 4.69) is 37.9 Å². The van der Waals surface area contributed by atoms with Gasteiger partial charge in [-0.25, -0.2) is 0 Å². The average molecular weight is 240 g/mol. The summed E-state index contributed by atoms with van der Waals surface area (Å²) in [6.07, 6.45) is 3.38. The van der Waals surface area contributed by atoms with Gasteiger partial charge in [-0.05, 0) is 44.2 Å². The summed E-state index contributed by atoms with van der Waals surface area (Å²) in [5.41, 5.74) is 0. The number of hydrogen-bond acceptors (Lipinski definition) is 2. The van der Waals surface area contributed by atoms with Crippen LogP contribution in [0.2, 0.25) is 0 Å². The van der Waals surface area contributed by atoms with Gasteiger partial charge in [-0.1, -0.05) is 27.7 Å². The largest absolute Gasteiger partial charge is 0.354 e. The highest BCUT2D eigenvalue weighted by molar-refractivity contribution is 5.82. The molecule has 0 radical (unpaired) electrons. The Hall–Kier alpha value is -0.570. The van der Waals surface area contributed by atoms with Crippen molar-refractivity contribution in [2.24, 2.45) is 11.8 Å². The molecule has 0 aromatic rings. The topological polar surface area (TPSA) is 32.3 Å². The van der Waals surface area contributed by atoms with Gasteiger partial charge in [0.15, 0.2) is 0 Å². The minimum Gasteiger partial charge on any atom is -0.354 e. The zero-order valence-electron chi connectivity index (χ0n) is 11.8. The molecule has 1 aliphatic heterocycles. The number of nitrogens with zero attached hydrogens (tertiary/aromatic N) is 1. The van der Waals surface area contributed by atoms with E-state index in [-0.39, 0.29) is 11.9 Å². The number of hydrogen-bond donors (Lipinski definition) is 1. The summed E-state index contributed by atoms with van der Waals surface area (Å²) in [6, 6.07) is 0.132. The van der Waals surface area contributed by atoms with E-state index < -0.39 is 0 Å². The minimum atomic E-state index is 0.132. The first-order chi connectivity index (χ1) is 8.00. The summed E-state index contributed by atoms with van der Waals surface area (Å²) in [5.74, 6) is 1.49. The van der Waals surface area contributed by atoms with E-state index in [0.717, 1.165) is 38.4 Å². The predicted molar refractivity (Wildman–Crippen MR) is 71.9 cm³/mol. The van der Waals surface area contributed by atoms with Crippen LogP contribution in [0.3, 0.4) is 0 Å². The second-order valence-corrected chi connectivity index (χ2v) is 6.02. The summed E-state index contributed by atoms with van der Waals surface area (Å²) >= 11 is 0. The lowest BCUT2D eigenvalue weighted by atomic mass is 10.1. The number of carbonyl (C=O) groups is 1. The average Bonchev–Trinajstić information content (AvgIpc) is 2.71. The fourth-order valence-electron chi connectivity index (χ4n) is 2.24. The van der Waals surface area contributed by atoms with Crippen molar-refractivity contribution in [3.63, 3.8) is 0 Å². The van der Waals surface area contributed by atoms with E-state index in [4.69, 9.17) is 0 Å². The Bertz CT molecular complexity index is 238. The van der Waals surface area contributed by atoms with E-state index in [1.165, 1.54) is 6.42 Å². The third-order valence-electron chi connectivity index (χ3n) is 3.34. The molecule has 0 spiro atoms. The van der Waals surface area contributed by atoms with Crippen molar-refractivity contribution in [3.8, 4) is 0 Å². The molecule has 1 N–H and O–H groups in total. The van der Waals surface area contributed by atoms with Gasteiger partial charge in [-0.3, -0.25) is 9.69 Å². The summed E-state index contributed by atoms with van der Waals surface area (Å²) in [5, 5.41) is 3.06. The third-order valence-corrected chi connectivity index (χ3v) is 3.34. The first-order valence-electron chi connectivity index (χ1n) is 7.02. The molecule has 0 aliphatic carbocycles. The van der Waals surface area contributed by atoms with Gasteiger partial charge >= 0.3 is 0 Å². The maximum atomic E-state index is 12.1. The Balaban J connectivity index is 2.37. The van der Waals surface area contributed by atoms with Crippen LogP contribution in [0.15, 0.2) is 0 Å². The highest BCUT2D eigenvalue weighted by atomic mass is 16.2. The Morgan fingerprint density at radius 3 is 2.59 bits per heavy atom. The molecule has 0 unspecified atom stereocenters. The van der Waals surface area contributed by atoms with E-state index in [1.54, 1.807) is 0 Å². The number of rotatable bonds is 6. The Morgan fingerprint density at radius 2 is 2.00 bits per heavy atom. The Labute approximate surface area is 106 Å². The molecule has 1 fully saturated rings. The van der Waals surface area contributed by atoms with Crippen LogP contribution < -0.4 is 5.32 Å². The maximum Gasteiger partial charge on any atom is 0.237 e. The number of amides is 1. The number of likely N-dealkylation sites (tertiary alicyclic amines) is 1. The van der Waals surface area contributed by atoms with Crippen LogP contribution in [0, 0.1) is 11.8 Å². The molecule has 1 atom stereocenters. The van der Waals surface area contributed by atoms with Crippen LogP contribution >= 0.6 is 0 Å². The molecule has 1 heterocycles. The van der Waals surface area contributed by atoms with E-state index in [1.807, 2.05) is 0 Å². The Morgan fingerprint density at radius 1 is 1.29 bits per heavy atom. The van der Waals surface area contributed by atoms with E-state index in [0.29, 0.717) is 5.92 Å². The molecule has 1 rings (SSSR count). The van der Waals surface area contributed by atoms with Gasteiger partial charge < -0.3 is 5.32 Å². The van der Waals surface area contributed by atoms with Crippen LogP contribution in [0.4, 0.5) is 0 Å². The fraction of sp³-hybridized carbons (Fsp3) is 0.929. The van der Waals surface area contributed by atoms with Crippen molar-refractivity contribution in [2.45, 2.75) is 53.0 Å². The van der Waals surface area contributed by atoms with Gasteiger partial charge in [0.05, 0.1) is 6.04 Å². The van der Waals surface area contributed by atoms with Gasteiger partial charge in [-0.15, -0.1) is 0 Å². The molecule has 3 nitrogen and oxygen atoms in total. The molecule has 1 saturated heterocycles. The van der Waals surface area contributed by atoms with E-state index >= 15 is 0 Å². The minimum absolute atomic E-state index is 0.132. The summed E-state index contributed by atoms with van der Waals surface area (Å²) < 4.78 is 0. The predicted octanol–water partition coefficient (Wildman–Crippen LogP) is 2.27. The quantitative estimate of drug-likeness (QED) is 0.772. The normalized spacial score (nSPS) is 21.4. The molecule has 1 aliphatic rings. The zero-order valence-corrected chi connectivity index (χ0v) is 11.8. The smallest absolute Gasteiger partial charge is 0.237 e. The van der Waals surface area contributed by atoms with Crippen molar-refractivity contribution in [1.82, 2.24) is 10.2 Å². The first kappa shape index (κ1) is 14.5. The second-order valence-electron chi connectivity index (χ2n) is 6.02. The molecule has 100 valence electrons. The molecular weight excluding hydrogens is 212 g/mol. The lowest BCUT2D eigenvalue weighted by molar-refractivity contribution is -0.125. The standard InChI is InChI=1S/C14H28N2O/c1-11(2)7-9-16-8-5-6-13(16)14(17)15-10-12(3)4/h11-13H,5-10H2,1-4H3,(H,15,17)/t13-/m0/s1. The van der Waals surface area contributed by atoms with Crippen LogP contribution in [0.5, 0.6) is 0 Å². The molecule has 0 bridgehead atoms. The lowest BCUT2D eigenvalue weighted by Crippen LogP contribution is -2.44. The molecular formula is C14H28N2O. The summed E-state index contributed by atoms with van der Waals surface area (Å²) in [4.78, 5) is 14.4.